The Bertz CT molecular complexity index is 156. The van der Waals surface area contributed by atoms with Gasteiger partial charge in [-0.15, -0.1) is 0 Å². The van der Waals surface area contributed by atoms with E-state index in [1.165, 1.54) is 0 Å². The van der Waals surface area contributed by atoms with Crippen LogP contribution in [0.25, 0.3) is 0 Å². The second-order valence-electron chi connectivity index (χ2n) is 2.54. The molecule has 0 aromatic carbocycles. The maximum absolute atomic E-state index is 11.1. The van der Waals surface area contributed by atoms with Gasteiger partial charge in [0.05, 0.1) is 6.54 Å². The van der Waals surface area contributed by atoms with Crippen LogP contribution in [-0.4, -0.2) is 12.5 Å². The number of halogens is 1. The Morgan fingerprint density at radius 1 is 1.73 bits per heavy atom. The lowest BCUT2D eigenvalue weighted by atomic mass is 10.1. The Morgan fingerprint density at radius 2 is 2.27 bits per heavy atom. The molecule has 0 saturated carbocycles. The van der Waals surface area contributed by atoms with E-state index in [2.05, 4.69) is 11.9 Å². The first-order valence-corrected chi connectivity index (χ1v) is 4.06. The molecule has 2 nitrogen and oxygen atoms in total. The molecule has 0 rings (SSSR count). The van der Waals surface area contributed by atoms with E-state index < -0.39 is 0 Å². The quantitative estimate of drug-likeness (QED) is 0.695. The van der Waals surface area contributed by atoms with E-state index >= 15 is 0 Å². The van der Waals surface area contributed by atoms with Crippen LogP contribution in [0.5, 0.6) is 0 Å². The van der Waals surface area contributed by atoms with Gasteiger partial charge in [-0.1, -0.05) is 32.0 Å². The molecular weight excluding hydrogens is 162 g/mol. The molecule has 1 amide bonds. The molecule has 0 heterocycles. The average Bonchev–Trinajstić information content (AvgIpc) is 1.98. The van der Waals surface area contributed by atoms with Gasteiger partial charge in [-0.05, 0) is 6.42 Å². The van der Waals surface area contributed by atoms with Crippen LogP contribution in [0.15, 0.2) is 11.6 Å². The smallest absolute Gasteiger partial charge is 0.223 e. The van der Waals surface area contributed by atoms with Crippen LogP contribution in [0.1, 0.15) is 20.3 Å². The molecule has 1 unspecified atom stereocenters. The third-order valence-electron chi connectivity index (χ3n) is 1.51. The molecule has 0 fully saturated rings. The molecule has 1 atom stereocenters. The minimum atomic E-state index is 0.0364. The summed E-state index contributed by atoms with van der Waals surface area (Å²) < 4.78 is 0. The summed E-state index contributed by atoms with van der Waals surface area (Å²) in [5.74, 6) is 0.0975. The van der Waals surface area contributed by atoms with Gasteiger partial charge in [0.15, 0.2) is 0 Å². The zero-order valence-electron chi connectivity index (χ0n) is 6.98. The first kappa shape index (κ1) is 10.5. The number of amides is 1. The summed E-state index contributed by atoms with van der Waals surface area (Å²) in [6, 6.07) is 0. The van der Waals surface area contributed by atoms with Crippen molar-refractivity contribution >= 4 is 17.5 Å². The molecule has 0 aliphatic heterocycles. The van der Waals surface area contributed by atoms with Gasteiger partial charge < -0.3 is 5.32 Å². The van der Waals surface area contributed by atoms with Crippen LogP contribution >= 0.6 is 11.6 Å². The molecule has 0 aliphatic rings. The Morgan fingerprint density at radius 3 is 2.64 bits per heavy atom. The highest BCUT2D eigenvalue weighted by atomic mass is 35.5. The predicted molar refractivity (Wildman–Crippen MR) is 47.5 cm³/mol. The third-order valence-corrected chi connectivity index (χ3v) is 1.65. The summed E-state index contributed by atoms with van der Waals surface area (Å²) in [4.78, 5) is 11.1. The summed E-state index contributed by atoms with van der Waals surface area (Å²) in [5.41, 5.74) is 0. The fourth-order valence-electron chi connectivity index (χ4n) is 0.543. The van der Waals surface area contributed by atoms with Crippen LogP contribution in [0.2, 0.25) is 0 Å². The first-order chi connectivity index (χ1) is 5.07. The molecule has 0 bridgehead atoms. The Hall–Kier alpha value is -0.500. The molecule has 3 heteroatoms. The van der Waals surface area contributed by atoms with Crippen molar-refractivity contribution < 1.29 is 4.79 Å². The molecule has 0 radical (unpaired) electrons. The van der Waals surface area contributed by atoms with Gasteiger partial charge in [0, 0.05) is 11.0 Å². The fraction of sp³-hybridized carbons (Fsp3) is 0.625. The molecule has 1 N–H and O–H groups in total. The standard InChI is InChI=1S/C8H14ClNO/c1-4-6(2)8(11)10-5-7(3)9/h6H,3-5H2,1-2H3,(H,10,11). The van der Waals surface area contributed by atoms with E-state index in [1.54, 1.807) is 0 Å². The third kappa shape index (κ3) is 4.85. The van der Waals surface area contributed by atoms with Crippen LogP contribution < -0.4 is 5.32 Å². The molecule has 0 saturated heterocycles. The summed E-state index contributed by atoms with van der Waals surface area (Å²) in [5, 5.41) is 3.12. The highest BCUT2D eigenvalue weighted by Gasteiger charge is 2.08. The summed E-state index contributed by atoms with van der Waals surface area (Å²) >= 11 is 5.46. The second kappa shape index (κ2) is 5.19. The minimum Gasteiger partial charge on any atom is -0.351 e. The zero-order valence-corrected chi connectivity index (χ0v) is 7.74. The van der Waals surface area contributed by atoms with Crippen molar-refractivity contribution in [3.63, 3.8) is 0 Å². The van der Waals surface area contributed by atoms with Crippen molar-refractivity contribution in [2.45, 2.75) is 20.3 Å². The number of hydrogen-bond donors (Lipinski definition) is 1. The van der Waals surface area contributed by atoms with Crippen molar-refractivity contribution in [2.75, 3.05) is 6.54 Å². The van der Waals surface area contributed by atoms with Gasteiger partial charge in [-0.2, -0.15) is 0 Å². The van der Waals surface area contributed by atoms with Gasteiger partial charge in [-0.3, -0.25) is 4.79 Å². The van der Waals surface area contributed by atoms with Crippen LogP contribution in [0.4, 0.5) is 0 Å². The first-order valence-electron chi connectivity index (χ1n) is 3.69. The van der Waals surface area contributed by atoms with Crippen LogP contribution in [0, 0.1) is 5.92 Å². The van der Waals surface area contributed by atoms with Gasteiger partial charge in [0.1, 0.15) is 0 Å². The monoisotopic (exact) mass is 175 g/mol. The lowest BCUT2D eigenvalue weighted by molar-refractivity contribution is -0.124. The van der Waals surface area contributed by atoms with Gasteiger partial charge in [-0.25, -0.2) is 0 Å². The zero-order chi connectivity index (χ0) is 8.85. The van der Waals surface area contributed by atoms with Crippen molar-refractivity contribution in [3.8, 4) is 0 Å². The normalized spacial score (nSPS) is 12.3. The second-order valence-corrected chi connectivity index (χ2v) is 3.08. The van der Waals surface area contributed by atoms with Gasteiger partial charge >= 0.3 is 0 Å². The number of hydrogen-bond acceptors (Lipinski definition) is 1. The summed E-state index contributed by atoms with van der Waals surface area (Å²) in [7, 11) is 0. The number of carbonyl (C=O) groups excluding carboxylic acids is 1. The maximum atomic E-state index is 11.1. The van der Waals surface area contributed by atoms with E-state index in [-0.39, 0.29) is 11.8 Å². The van der Waals surface area contributed by atoms with Crippen molar-refractivity contribution in [1.82, 2.24) is 5.32 Å². The maximum Gasteiger partial charge on any atom is 0.223 e. The number of rotatable bonds is 4. The highest BCUT2D eigenvalue weighted by Crippen LogP contribution is 2.00. The fourth-order valence-corrected chi connectivity index (χ4v) is 0.609. The predicted octanol–water partition coefficient (Wildman–Crippen LogP) is 1.90. The topological polar surface area (TPSA) is 29.1 Å². The molecule has 0 spiro atoms. The summed E-state index contributed by atoms with van der Waals surface area (Å²) in [6.45, 7) is 7.68. The average molecular weight is 176 g/mol. The lowest BCUT2D eigenvalue weighted by Crippen LogP contribution is -2.29. The SMILES string of the molecule is C=C(Cl)CNC(=O)C(C)CC. The molecule has 0 aromatic rings. The van der Waals surface area contributed by atoms with E-state index in [1.807, 2.05) is 13.8 Å². The highest BCUT2D eigenvalue weighted by molar-refractivity contribution is 6.29. The van der Waals surface area contributed by atoms with Crippen LogP contribution in [-0.2, 0) is 4.79 Å². The van der Waals surface area contributed by atoms with E-state index in [0.717, 1.165) is 6.42 Å². The van der Waals surface area contributed by atoms with E-state index in [9.17, 15) is 4.79 Å². The van der Waals surface area contributed by atoms with Crippen molar-refractivity contribution in [1.29, 1.82) is 0 Å². The molecule has 0 aromatic heterocycles. The Labute approximate surface area is 72.6 Å². The number of nitrogens with one attached hydrogen (secondary N) is 1. The van der Waals surface area contributed by atoms with E-state index in [0.29, 0.717) is 11.6 Å². The number of carbonyl (C=O) groups is 1. The Balaban J connectivity index is 3.60. The Kier molecular flexibility index (Phi) is 4.95. The van der Waals surface area contributed by atoms with Gasteiger partial charge in [0.25, 0.3) is 0 Å². The van der Waals surface area contributed by atoms with Crippen molar-refractivity contribution in [3.05, 3.63) is 11.6 Å². The van der Waals surface area contributed by atoms with Crippen molar-refractivity contribution in [2.24, 2.45) is 5.92 Å². The minimum absolute atomic E-state index is 0.0364. The molecule has 11 heavy (non-hydrogen) atoms. The molecule has 64 valence electrons. The molecule has 0 aliphatic carbocycles. The molecular formula is C8H14ClNO. The largest absolute Gasteiger partial charge is 0.351 e. The van der Waals surface area contributed by atoms with E-state index in [4.69, 9.17) is 11.6 Å². The van der Waals surface area contributed by atoms with Gasteiger partial charge in [0.2, 0.25) is 5.91 Å². The summed E-state index contributed by atoms with van der Waals surface area (Å²) in [6.07, 6.45) is 0.848. The lowest BCUT2D eigenvalue weighted by Gasteiger charge is -2.08. The van der Waals surface area contributed by atoms with Crippen LogP contribution in [0.3, 0.4) is 0 Å².